The Balaban J connectivity index is 0.00000156. The molecule has 0 unspecified atom stereocenters. The van der Waals surface area contributed by atoms with Gasteiger partial charge in [-0.3, -0.25) is 9.69 Å². The van der Waals surface area contributed by atoms with Crippen LogP contribution >= 0.6 is 24.8 Å². The van der Waals surface area contributed by atoms with Gasteiger partial charge in [0.2, 0.25) is 5.91 Å². The number of benzene rings is 1. The van der Waals surface area contributed by atoms with E-state index in [1.54, 1.807) is 7.11 Å². The van der Waals surface area contributed by atoms with E-state index in [1.165, 1.54) is 18.4 Å². The van der Waals surface area contributed by atoms with Gasteiger partial charge in [0.1, 0.15) is 5.75 Å². The first-order valence-corrected chi connectivity index (χ1v) is 8.59. The molecule has 0 radical (unpaired) electrons. The zero-order valence-corrected chi connectivity index (χ0v) is 16.4. The first-order chi connectivity index (χ1) is 11.3. The van der Waals surface area contributed by atoms with E-state index in [1.807, 2.05) is 23.1 Å². The number of carbonyl (C=O) groups excluding carboxylic acids is 1. The zero-order chi connectivity index (χ0) is 16.1. The van der Waals surface area contributed by atoms with Crippen molar-refractivity contribution in [3.05, 3.63) is 29.8 Å². The predicted molar refractivity (Wildman–Crippen MR) is 105 cm³/mol. The molecule has 142 valence electrons. The normalized spacial score (nSPS) is 17.4. The predicted octanol–water partition coefficient (Wildman–Crippen LogP) is 2.18. The number of rotatable bonds is 7. The molecule has 1 aromatic carbocycles. The number of ether oxygens (including phenoxy) is 1. The molecule has 7 heteroatoms. The average molecular weight is 390 g/mol. The molecule has 0 atom stereocenters. The van der Waals surface area contributed by atoms with E-state index in [9.17, 15) is 4.79 Å². The summed E-state index contributed by atoms with van der Waals surface area (Å²) in [5.41, 5.74) is 1.21. The van der Waals surface area contributed by atoms with E-state index >= 15 is 0 Å². The summed E-state index contributed by atoms with van der Waals surface area (Å²) in [7, 11) is 1.71. The zero-order valence-electron chi connectivity index (χ0n) is 14.8. The molecule has 25 heavy (non-hydrogen) atoms. The van der Waals surface area contributed by atoms with Crippen molar-refractivity contribution < 1.29 is 9.53 Å². The quantitative estimate of drug-likeness (QED) is 0.775. The lowest BCUT2D eigenvalue weighted by Crippen LogP contribution is -2.50. The molecular formula is C18H29Cl2N3O2. The van der Waals surface area contributed by atoms with Crippen LogP contribution in [0.5, 0.6) is 5.75 Å². The van der Waals surface area contributed by atoms with Gasteiger partial charge in [-0.05, 0) is 31.4 Å². The van der Waals surface area contributed by atoms with Gasteiger partial charge in [-0.2, -0.15) is 0 Å². The third kappa shape index (κ3) is 6.66. The molecule has 1 aliphatic heterocycles. The van der Waals surface area contributed by atoms with Crippen molar-refractivity contribution in [3.63, 3.8) is 0 Å². The van der Waals surface area contributed by atoms with Crippen molar-refractivity contribution in [2.24, 2.45) is 5.92 Å². The van der Waals surface area contributed by atoms with Gasteiger partial charge >= 0.3 is 0 Å². The number of hydrogen-bond acceptors (Lipinski definition) is 4. The molecule has 1 N–H and O–H groups in total. The minimum Gasteiger partial charge on any atom is -0.496 e. The number of methoxy groups -OCH3 is 1. The summed E-state index contributed by atoms with van der Waals surface area (Å²) in [5.74, 6) is 2.00. The number of hydrogen-bond donors (Lipinski definition) is 1. The highest BCUT2D eigenvalue weighted by atomic mass is 35.5. The van der Waals surface area contributed by atoms with E-state index in [0.29, 0.717) is 6.54 Å². The number of carbonyl (C=O) groups is 1. The second-order valence-electron chi connectivity index (χ2n) is 6.54. The first kappa shape index (κ1) is 22.0. The fourth-order valence-electron chi connectivity index (χ4n) is 3.05. The van der Waals surface area contributed by atoms with Crippen LogP contribution in [0.15, 0.2) is 24.3 Å². The highest BCUT2D eigenvalue weighted by Crippen LogP contribution is 2.27. The fourth-order valence-corrected chi connectivity index (χ4v) is 3.05. The van der Waals surface area contributed by atoms with Gasteiger partial charge in [-0.15, -0.1) is 24.8 Å². The Labute approximate surface area is 162 Å². The van der Waals surface area contributed by atoms with E-state index in [2.05, 4.69) is 16.3 Å². The Morgan fingerprint density at radius 1 is 1.16 bits per heavy atom. The standard InChI is InChI=1S/C18H27N3O2.2ClH/c1-23-17-5-3-2-4-16(17)14-20-8-10-21(11-9-20)18(22)13-19-12-15-6-7-15;;/h2-5,15,19H,6-14H2,1H3;2*1H. The van der Waals surface area contributed by atoms with Gasteiger partial charge in [0.25, 0.3) is 0 Å². The monoisotopic (exact) mass is 389 g/mol. The van der Waals surface area contributed by atoms with Gasteiger partial charge in [0, 0.05) is 38.3 Å². The van der Waals surface area contributed by atoms with Crippen LogP contribution in [0, 0.1) is 5.92 Å². The highest BCUT2D eigenvalue weighted by molar-refractivity contribution is 5.85. The maximum absolute atomic E-state index is 12.2. The minimum absolute atomic E-state index is 0. The van der Waals surface area contributed by atoms with Gasteiger partial charge in [-0.25, -0.2) is 0 Å². The molecule has 0 aromatic heterocycles. The summed E-state index contributed by atoms with van der Waals surface area (Å²) in [6, 6.07) is 8.15. The van der Waals surface area contributed by atoms with Gasteiger partial charge in [0.05, 0.1) is 13.7 Å². The second kappa shape index (κ2) is 10.9. The maximum Gasteiger partial charge on any atom is 0.236 e. The molecule has 0 bridgehead atoms. The number of amides is 1. The molecule has 5 nitrogen and oxygen atoms in total. The largest absolute Gasteiger partial charge is 0.496 e. The fraction of sp³-hybridized carbons (Fsp3) is 0.611. The molecule has 1 heterocycles. The number of nitrogens with one attached hydrogen (secondary N) is 1. The summed E-state index contributed by atoms with van der Waals surface area (Å²) < 4.78 is 5.42. The average Bonchev–Trinajstić information content (AvgIpc) is 3.40. The molecule has 1 amide bonds. The Hall–Kier alpha value is -1.01. The van der Waals surface area contributed by atoms with Crippen LogP contribution in [0.2, 0.25) is 0 Å². The number of piperazine rings is 1. The van der Waals surface area contributed by atoms with Gasteiger partial charge in [-0.1, -0.05) is 18.2 Å². The SMILES string of the molecule is COc1ccccc1CN1CCN(C(=O)CNCC2CC2)CC1.Cl.Cl. The van der Waals surface area contributed by atoms with Gasteiger partial charge in [0.15, 0.2) is 0 Å². The lowest BCUT2D eigenvalue weighted by atomic mass is 10.1. The van der Waals surface area contributed by atoms with E-state index in [0.717, 1.165) is 50.9 Å². The molecule has 1 saturated carbocycles. The van der Waals surface area contributed by atoms with Crippen molar-refractivity contribution in [3.8, 4) is 5.75 Å². The van der Waals surface area contributed by atoms with Crippen molar-refractivity contribution in [1.29, 1.82) is 0 Å². The summed E-state index contributed by atoms with van der Waals surface area (Å²) >= 11 is 0. The summed E-state index contributed by atoms with van der Waals surface area (Å²) in [6.07, 6.45) is 2.64. The lowest BCUT2D eigenvalue weighted by molar-refractivity contribution is -0.132. The molecular weight excluding hydrogens is 361 g/mol. The third-order valence-corrected chi connectivity index (χ3v) is 4.72. The van der Waals surface area contributed by atoms with E-state index in [-0.39, 0.29) is 30.7 Å². The number of halogens is 2. The van der Waals surface area contributed by atoms with Crippen LogP contribution in [0.25, 0.3) is 0 Å². The number of para-hydroxylation sites is 1. The van der Waals surface area contributed by atoms with Crippen LogP contribution in [0.4, 0.5) is 0 Å². The van der Waals surface area contributed by atoms with E-state index in [4.69, 9.17) is 4.74 Å². The smallest absolute Gasteiger partial charge is 0.236 e. The summed E-state index contributed by atoms with van der Waals surface area (Å²) in [5, 5.41) is 3.29. The molecule has 1 aromatic rings. The Bertz CT molecular complexity index is 533. The lowest BCUT2D eigenvalue weighted by Gasteiger charge is -2.35. The highest BCUT2D eigenvalue weighted by Gasteiger charge is 2.23. The Kier molecular flexibility index (Phi) is 9.57. The Morgan fingerprint density at radius 2 is 1.84 bits per heavy atom. The van der Waals surface area contributed by atoms with Crippen LogP contribution in [0.3, 0.4) is 0 Å². The minimum atomic E-state index is 0. The van der Waals surface area contributed by atoms with Crippen molar-refractivity contribution in [2.75, 3.05) is 46.4 Å². The molecule has 1 saturated heterocycles. The van der Waals surface area contributed by atoms with Crippen LogP contribution < -0.4 is 10.1 Å². The summed E-state index contributed by atoms with van der Waals surface area (Å²) in [4.78, 5) is 16.6. The van der Waals surface area contributed by atoms with Crippen LogP contribution in [0.1, 0.15) is 18.4 Å². The van der Waals surface area contributed by atoms with Gasteiger partial charge < -0.3 is 15.0 Å². The first-order valence-electron chi connectivity index (χ1n) is 8.59. The second-order valence-corrected chi connectivity index (χ2v) is 6.54. The molecule has 2 aliphatic rings. The Morgan fingerprint density at radius 3 is 2.48 bits per heavy atom. The van der Waals surface area contributed by atoms with Crippen LogP contribution in [-0.4, -0.2) is 62.1 Å². The van der Waals surface area contributed by atoms with E-state index < -0.39 is 0 Å². The van der Waals surface area contributed by atoms with Crippen molar-refractivity contribution >= 4 is 30.7 Å². The third-order valence-electron chi connectivity index (χ3n) is 4.72. The molecule has 0 spiro atoms. The van der Waals surface area contributed by atoms with Crippen molar-refractivity contribution in [2.45, 2.75) is 19.4 Å². The van der Waals surface area contributed by atoms with Crippen molar-refractivity contribution in [1.82, 2.24) is 15.1 Å². The number of nitrogens with zero attached hydrogens (tertiary/aromatic N) is 2. The topological polar surface area (TPSA) is 44.8 Å². The summed E-state index contributed by atoms with van der Waals surface area (Å²) in [6.45, 7) is 5.85. The molecule has 3 rings (SSSR count). The van der Waals surface area contributed by atoms with Crippen LogP contribution in [-0.2, 0) is 11.3 Å². The molecule has 2 fully saturated rings. The maximum atomic E-state index is 12.2. The molecule has 1 aliphatic carbocycles.